The lowest BCUT2D eigenvalue weighted by molar-refractivity contribution is -0.147. The van der Waals surface area contributed by atoms with Gasteiger partial charge in [0.05, 0.1) is 0 Å². The molecule has 6 heteroatoms. The van der Waals surface area contributed by atoms with E-state index in [0.717, 1.165) is 44.9 Å². The molecule has 0 spiro atoms. The predicted molar refractivity (Wildman–Crippen MR) is 149 cm³/mol. The Hall–Kier alpha value is -3.26. The van der Waals surface area contributed by atoms with Gasteiger partial charge >= 0.3 is 5.97 Å². The Bertz CT molecular complexity index is 1710. The number of aliphatic imine (C=N–C) groups is 1. The minimum Gasteiger partial charge on any atom is -0.481 e. The lowest BCUT2D eigenvalue weighted by Gasteiger charge is -2.37. The Morgan fingerprint density at radius 2 is 1.86 bits per heavy atom. The second-order valence-corrected chi connectivity index (χ2v) is 11.1. The van der Waals surface area contributed by atoms with Gasteiger partial charge in [-0.15, -0.1) is 0 Å². The molecule has 3 aromatic rings. The zero-order chi connectivity index (χ0) is 25.0. The van der Waals surface area contributed by atoms with Crippen molar-refractivity contribution in [3.63, 3.8) is 0 Å². The van der Waals surface area contributed by atoms with Crippen molar-refractivity contribution < 1.29 is 14.7 Å². The standard InChI is InChI=1S/C30H25IN2O3/c1-30(29(35)36,27-28(34)32-16-18-15-19(31)10-14-26(18)33-27)25-8-4-7-21-23-11-9-17-5-2-3-6-20(17)22(23)12-13-24(21)25/h2-3,5-6,9-10,12-16,27,33H,4,7-8,11H2,1H3,(H,35,36)/t27-,30+/m1/s1. The van der Waals surface area contributed by atoms with Gasteiger partial charge in [0.25, 0.3) is 5.91 Å². The minimum atomic E-state index is -1.46. The summed E-state index contributed by atoms with van der Waals surface area (Å²) in [7, 11) is 0. The number of nitrogens with zero attached hydrogens (tertiary/aromatic N) is 1. The van der Waals surface area contributed by atoms with Crippen molar-refractivity contribution >= 4 is 58.0 Å². The second kappa shape index (κ2) is 8.69. The molecule has 0 aromatic heterocycles. The first-order valence-electron chi connectivity index (χ1n) is 12.2. The van der Waals surface area contributed by atoms with Crippen LogP contribution < -0.4 is 15.8 Å². The number of carboxylic acids is 1. The Labute approximate surface area is 222 Å². The number of hydrogen-bond donors (Lipinski definition) is 2. The summed E-state index contributed by atoms with van der Waals surface area (Å²) in [4.78, 5) is 30.5. The van der Waals surface area contributed by atoms with E-state index in [1.807, 2.05) is 18.2 Å². The molecular formula is C30H25IN2O3. The maximum atomic E-state index is 13.3. The van der Waals surface area contributed by atoms with Crippen molar-refractivity contribution in [3.8, 4) is 0 Å². The first-order chi connectivity index (χ1) is 17.4. The number of amides is 1. The molecule has 6 rings (SSSR count). The van der Waals surface area contributed by atoms with E-state index < -0.39 is 23.3 Å². The summed E-state index contributed by atoms with van der Waals surface area (Å²) in [5.74, 6) is -1.49. The van der Waals surface area contributed by atoms with Gasteiger partial charge in [0.1, 0.15) is 11.5 Å². The fourth-order valence-electron chi connectivity index (χ4n) is 6.01. The van der Waals surface area contributed by atoms with Gasteiger partial charge in [0.15, 0.2) is 0 Å². The Kier molecular flexibility index (Phi) is 5.59. The average Bonchev–Trinajstić information content (AvgIpc) is 3.06. The Balaban J connectivity index is 1.59. The number of benzodiazepines with no additional fused rings is 1. The summed E-state index contributed by atoms with van der Waals surface area (Å²) in [5, 5.41) is 18.6. The molecule has 1 aliphatic heterocycles. The van der Waals surface area contributed by atoms with E-state index in [2.05, 4.69) is 75.4 Å². The monoisotopic (exact) mass is 588 g/mol. The molecular weight excluding hydrogens is 563 g/mol. The van der Waals surface area contributed by atoms with Crippen LogP contribution in [0.1, 0.15) is 36.5 Å². The van der Waals surface area contributed by atoms with Crippen molar-refractivity contribution in [3.05, 3.63) is 95.7 Å². The molecule has 1 amide bonds. The number of fused-ring (bicyclic) bond motifs is 5. The summed E-state index contributed by atoms with van der Waals surface area (Å²) in [5.41, 5.74) is 3.32. The molecule has 0 unspecified atom stereocenters. The SMILES string of the molecule is C[C@](C(=O)O)(C1=c2ccc3c(c2CCC1)CC=c1ccccc1=3)[C@@H]1Nc2ccc(I)cc2C=NC1=O. The molecule has 3 aliphatic rings. The van der Waals surface area contributed by atoms with E-state index in [4.69, 9.17) is 0 Å². The number of nitrogens with one attached hydrogen (secondary N) is 1. The minimum absolute atomic E-state index is 0.467. The smallest absolute Gasteiger partial charge is 0.316 e. The normalized spacial score (nSPS) is 19.4. The van der Waals surface area contributed by atoms with Crippen LogP contribution in [0.3, 0.4) is 0 Å². The van der Waals surface area contributed by atoms with Crippen molar-refractivity contribution in [2.45, 2.75) is 38.6 Å². The summed E-state index contributed by atoms with van der Waals surface area (Å²) < 4.78 is 1.02. The molecule has 1 heterocycles. The fourth-order valence-corrected chi connectivity index (χ4v) is 6.53. The molecule has 0 fully saturated rings. The number of carbonyl (C=O) groups excluding carboxylic acids is 1. The Morgan fingerprint density at radius 3 is 2.69 bits per heavy atom. The van der Waals surface area contributed by atoms with E-state index in [9.17, 15) is 14.7 Å². The zero-order valence-corrected chi connectivity index (χ0v) is 22.0. The molecule has 2 aliphatic carbocycles. The molecule has 0 saturated carbocycles. The molecule has 2 atom stereocenters. The summed E-state index contributed by atoms with van der Waals surface area (Å²) in [6, 6.07) is 17.4. The second-order valence-electron chi connectivity index (χ2n) is 9.86. The van der Waals surface area contributed by atoms with Crippen LogP contribution in [-0.4, -0.2) is 29.2 Å². The maximum absolute atomic E-state index is 13.3. The van der Waals surface area contributed by atoms with Crippen LogP contribution in [0, 0.1) is 19.4 Å². The van der Waals surface area contributed by atoms with E-state index in [-0.39, 0.29) is 0 Å². The van der Waals surface area contributed by atoms with Gasteiger partial charge in [-0.3, -0.25) is 9.59 Å². The summed E-state index contributed by atoms with van der Waals surface area (Å²) in [6.45, 7) is 1.68. The van der Waals surface area contributed by atoms with Gasteiger partial charge in [0.2, 0.25) is 0 Å². The van der Waals surface area contributed by atoms with Crippen LogP contribution in [0.15, 0.2) is 59.6 Å². The van der Waals surface area contributed by atoms with Gasteiger partial charge < -0.3 is 10.4 Å². The van der Waals surface area contributed by atoms with Gasteiger partial charge in [0, 0.05) is 21.0 Å². The van der Waals surface area contributed by atoms with Crippen molar-refractivity contribution in [1.82, 2.24) is 0 Å². The van der Waals surface area contributed by atoms with E-state index in [1.165, 1.54) is 33.0 Å². The highest BCUT2D eigenvalue weighted by Crippen LogP contribution is 2.40. The van der Waals surface area contributed by atoms with Crippen molar-refractivity contribution in [2.75, 3.05) is 5.32 Å². The van der Waals surface area contributed by atoms with Gasteiger partial charge in [-0.25, -0.2) is 4.99 Å². The predicted octanol–water partition coefficient (Wildman–Crippen LogP) is 3.93. The number of rotatable bonds is 3. The van der Waals surface area contributed by atoms with Crippen LogP contribution in [0.4, 0.5) is 5.69 Å². The lowest BCUT2D eigenvalue weighted by atomic mass is 9.69. The van der Waals surface area contributed by atoms with Crippen LogP contribution in [0.2, 0.25) is 0 Å². The third kappa shape index (κ3) is 3.53. The highest BCUT2D eigenvalue weighted by molar-refractivity contribution is 14.1. The first kappa shape index (κ1) is 23.2. The number of aliphatic carboxylic acids is 1. The molecule has 0 saturated heterocycles. The quantitative estimate of drug-likeness (QED) is 0.455. The van der Waals surface area contributed by atoms with Crippen LogP contribution in [0.25, 0.3) is 11.6 Å². The van der Waals surface area contributed by atoms with Gasteiger partial charge in [-0.2, -0.15) is 0 Å². The van der Waals surface area contributed by atoms with Crippen LogP contribution in [-0.2, 0) is 22.4 Å². The van der Waals surface area contributed by atoms with E-state index in [0.29, 0.717) is 6.42 Å². The third-order valence-electron chi connectivity index (χ3n) is 7.93. The summed E-state index contributed by atoms with van der Waals surface area (Å²) in [6.07, 6.45) is 7.00. The molecule has 180 valence electrons. The molecule has 0 radical (unpaired) electrons. The topological polar surface area (TPSA) is 78.8 Å². The number of carbonyl (C=O) groups is 2. The maximum Gasteiger partial charge on any atom is 0.316 e. The number of halogens is 1. The van der Waals surface area contributed by atoms with Crippen molar-refractivity contribution in [1.29, 1.82) is 0 Å². The summed E-state index contributed by atoms with van der Waals surface area (Å²) >= 11 is 2.21. The number of carboxylic acid groups (broad SMARTS) is 1. The largest absolute Gasteiger partial charge is 0.481 e. The highest BCUT2D eigenvalue weighted by Gasteiger charge is 2.50. The van der Waals surface area contributed by atoms with E-state index >= 15 is 0 Å². The Morgan fingerprint density at radius 1 is 1.06 bits per heavy atom. The van der Waals surface area contributed by atoms with Gasteiger partial charge in [-0.05, 0) is 111 Å². The highest BCUT2D eigenvalue weighted by atomic mass is 127. The number of hydrogen-bond acceptors (Lipinski definition) is 3. The lowest BCUT2D eigenvalue weighted by Crippen LogP contribution is -2.51. The average molecular weight is 588 g/mol. The first-order valence-corrected chi connectivity index (χ1v) is 13.3. The third-order valence-corrected chi connectivity index (χ3v) is 8.60. The molecule has 5 nitrogen and oxygen atoms in total. The van der Waals surface area contributed by atoms with Gasteiger partial charge in [-0.1, -0.05) is 42.5 Å². The van der Waals surface area contributed by atoms with Crippen LogP contribution in [0.5, 0.6) is 0 Å². The fraction of sp³-hybridized carbons (Fsp3) is 0.233. The zero-order valence-electron chi connectivity index (χ0n) is 19.8. The number of benzene rings is 3. The number of anilines is 1. The van der Waals surface area contributed by atoms with Crippen molar-refractivity contribution in [2.24, 2.45) is 10.4 Å². The van der Waals surface area contributed by atoms with Crippen LogP contribution >= 0.6 is 22.6 Å². The van der Waals surface area contributed by atoms with E-state index in [1.54, 1.807) is 6.92 Å². The molecule has 0 bridgehead atoms. The molecule has 3 aromatic carbocycles. The molecule has 36 heavy (non-hydrogen) atoms. The molecule has 2 N–H and O–H groups in total.